The number of thiophene rings is 1. The maximum atomic E-state index is 12.4. The lowest BCUT2D eigenvalue weighted by molar-refractivity contribution is 0.0647. The molecule has 3 aromatic heterocycles. The van der Waals surface area contributed by atoms with Gasteiger partial charge in [-0.2, -0.15) is 16.3 Å². The van der Waals surface area contributed by atoms with Gasteiger partial charge in [0.05, 0.1) is 23.9 Å². The zero-order valence-electron chi connectivity index (χ0n) is 14.3. The number of carbonyl (C=O) groups excluding carboxylic acids is 2. The number of hydrogen-bond donors (Lipinski definition) is 0. The maximum Gasteiger partial charge on any atom is 0.280 e. The fourth-order valence-corrected chi connectivity index (χ4v) is 3.62. The minimum absolute atomic E-state index is 0.194. The molecule has 0 saturated heterocycles. The highest BCUT2D eigenvalue weighted by Crippen LogP contribution is 2.23. The highest BCUT2D eigenvalue weighted by atomic mass is 32.1. The largest absolute Gasteiger partial charge is 0.332 e. The summed E-state index contributed by atoms with van der Waals surface area (Å²) in [5, 5.41) is 15.8. The maximum absolute atomic E-state index is 12.4. The van der Waals surface area contributed by atoms with Crippen molar-refractivity contribution in [3.8, 4) is 23.0 Å². The second-order valence-corrected chi connectivity index (χ2v) is 6.89. The number of rotatable bonds is 5. The van der Waals surface area contributed by atoms with Gasteiger partial charge in [0.2, 0.25) is 5.82 Å². The van der Waals surface area contributed by atoms with E-state index in [1.807, 2.05) is 16.8 Å². The normalized spacial score (nSPS) is 13.4. The number of nitrogens with zero attached hydrogens (tertiary/aromatic N) is 6. The molecule has 28 heavy (non-hydrogen) atoms. The summed E-state index contributed by atoms with van der Waals surface area (Å²) in [6, 6.07) is 8.70. The summed E-state index contributed by atoms with van der Waals surface area (Å²) in [6.45, 7) is 0.503. The van der Waals surface area contributed by atoms with Crippen LogP contribution in [0.1, 0.15) is 20.7 Å². The Morgan fingerprint density at radius 2 is 1.82 bits per heavy atom. The van der Waals surface area contributed by atoms with Gasteiger partial charge in [-0.25, -0.2) is 4.68 Å². The van der Waals surface area contributed by atoms with Crippen LogP contribution in [-0.2, 0) is 6.54 Å². The molecule has 0 radical (unpaired) electrons. The van der Waals surface area contributed by atoms with E-state index in [2.05, 4.69) is 20.5 Å². The number of fused-ring (bicyclic) bond motifs is 1. The quantitative estimate of drug-likeness (QED) is 0.480. The highest BCUT2D eigenvalue weighted by Gasteiger charge is 2.34. The van der Waals surface area contributed by atoms with Crippen LogP contribution in [0.2, 0.25) is 0 Å². The summed E-state index contributed by atoms with van der Waals surface area (Å²) in [4.78, 5) is 30.3. The van der Waals surface area contributed by atoms with Crippen LogP contribution in [-0.4, -0.2) is 48.4 Å². The topological polar surface area (TPSA) is 107 Å². The lowest BCUT2D eigenvalue weighted by atomic mass is 10.1. The van der Waals surface area contributed by atoms with Gasteiger partial charge < -0.3 is 4.52 Å². The van der Waals surface area contributed by atoms with Gasteiger partial charge in [0.1, 0.15) is 0 Å². The molecule has 1 aliphatic rings. The molecule has 0 N–H and O–H groups in total. The first kappa shape index (κ1) is 16.5. The van der Waals surface area contributed by atoms with Crippen molar-refractivity contribution in [2.75, 3.05) is 6.54 Å². The summed E-state index contributed by atoms with van der Waals surface area (Å²) in [7, 11) is 0. The van der Waals surface area contributed by atoms with Gasteiger partial charge in [0.25, 0.3) is 17.7 Å². The SMILES string of the molecule is O=C1c2ccccc2C(=O)N1CCn1cc(-c2nc(-c3ccsc3)no2)nn1. The van der Waals surface area contributed by atoms with Crippen molar-refractivity contribution >= 4 is 23.2 Å². The van der Waals surface area contributed by atoms with E-state index in [1.165, 1.54) is 9.58 Å². The van der Waals surface area contributed by atoms with Gasteiger partial charge in [-0.15, -0.1) is 5.10 Å². The second kappa shape index (κ2) is 6.50. The van der Waals surface area contributed by atoms with Crippen LogP contribution in [0, 0.1) is 0 Å². The first-order valence-electron chi connectivity index (χ1n) is 8.43. The van der Waals surface area contributed by atoms with Gasteiger partial charge in [-0.3, -0.25) is 14.5 Å². The number of aromatic nitrogens is 5. The minimum Gasteiger partial charge on any atom is -0.332 e. The van der Waals surface area contributed by atoms with E-state index < -0.39 is 0 Å². The highest BCUT2D eigenvalue weighted by molar-refractivity contribution is 7.08. The second-order valence-electron chi connectivity index (χ2n) is 6.11. The Morgan fingerprint density at radius 3 is 2.54 bits per heavy atom. The predicted molar refractivity (Wildman–Crippen MR) is 98.4 cm³/mol. The van der Waals surface area contributed by atoms with Crippen LogP contribution < -0.4 is 0 Å². The van der Waals surface area contributed by atoms with Crippen LogP contribution >= 0.6 is 11.3 Å². The smallest absolute Gasteiger partial charge is 0.280 e. The van der Waals surface area contributed by atoms with E-state index in [-0.39, 0.29) is 24.2 Å². The molecule has 0 unspecified atom stereocenters. The van der Waals surface area contributed by atoms with E-state index in [0.717, 1.165) is 5.56 Å². The van der Waals surface area contributed by atoms with Gasteiger partial charge >= 0.3 is 0 Å². The van der Waals surface area contributed by atoms with Crippen molar-refractivity contribution in [3.05, 3.63) is 58.4 Å². The number of imide groups is 1. The standard InChI is InChI=1S/C18H12N6O3S/c25-17-12-3-1-2-4-13(12)18(26)24(17)7-6-23-9-14(20-22-23)16-19-15(21-27-16)11-5-8-28-10-11/h1-5,8-10H,6-7H2. The molecule has 0 spiro atoms. The average Bonchev–Trinajstić information content (AvgIpc) is 3.49. The molecular weight excluding hydrogens is 380 g/mol. The Kier molecular flexibility index (Phi) is 3.83. The van der Waals surface area contributed by atoms with Crippen molar-refractivity contribution in [1.82, 2.24) is 30.0 Å². The van der Waals surface area contributed by atoms with Crippen LogP contribution in [0.4, 0.5) is 0 Å². The van der Waals surface area contributed by atoms with Crippen LogP contribution in [0.3, 0.4) is 0 Å². The van der Waals surface area contributed by atoms with E-state index in [1.54, 1.807) is 41.8 Å². The van der Waals surface area contributed by atoms with Crippen molar-refractivity contribution in [2.45, 2.75) is 6.54 Å². The molecule has 4 heterocycles. The molecule has 10 heteroatoms. The van der Waals surface area contributed by atoms with E-state index in [0.29, 0.717) is 29.2 Å². The van der Waals surface area contributed by atoms with Crippen LogP contribution in [0.15, 0.2) is 51.8 Å². The van der Waals surface area contributed by atoms with Crippen molar-refractivity contribution in [3.63, 3.8) is 0 Å². The van der Waals surface area contributed by atoms with Crippen LogP contribution in [0.5, 0.6) is 0 Å². The Morgan fingerprint density at radius 1 is 1.04 bits per heavy atom. The molecule has 1 aromatic carbocycles. The molecule has 1 aliphatic heterocycles. The monoisotopic (exact) mass is 392 g/mol. The summed E-state index contributed by atoms with van der Waals surface area (Å²) in [6.07, 6.45) is 1.64. The van der Waals surface area contributed by atoms with Gasteiger partial charge in [-0.05, 0) is 23.6 Å². The van der Waals surface area contributed by atoms with Crippen molar-refractivity contribution in [1.29, 1.82) is 0 Å². The van der Waals surface area contributed by atoms with Gasteiger partial charge in [0, 0.05) is 17.5 Å². The Labute approximate surface area is 162 Å². The minimum atomic E-state index is -0.293. The number of hydrogen-bond acceptors (Lipinski definition) is 8. The molecule has 4 aromatic rings. The van der Waals surface area contributed by atoms with E-state index >= 15 is 0 Å². The lowest BCUT2D eigenvalue weighted by Crippen LogP contribution is -2.33. The molecule has 0 fully saturated rings. The van der Waals surface area contributed by atoms with E-state index in [9.17, 15) is 9.59 Å². The van der Waals surface area contributed by atoms with Crippen molar-refractivity contribution in [2.24, 2.45) is 0 Å². The molecule has 5 rings (SSSR count). The van der Waals surface area contributed by atoms with Gasteiger partial charge in [-0.1, -0.05) is 22.5 Å². The summed E-state index contributed by atoms with van der Waals surface area (Å²) >= 11 is 1.54. The van der Waals surface area contributed by atoms with Crippen LogP contribution in [0.25, 0.3) is 23.0 Å². The molecule has 138 valence electrons. The Balaban J connectivity index is 1.29. The zero-order chi connectivity index (χ0) is 19.1. The molecule has 9 nitrogen and oxygen atoms in total. The zero-order valence-corrected chi connectivity index (χ0v) is 15.2. The fourth-order valence-electron chi connectivity index (χ4n) is 2.99. The summed E-state index contributed by atoms with van der Waals surface area (Å²) < 4.78 is 6.79. The Hall–Kier alpha value is -3.66. The first-order valence-corrected chi connectivity index (χ1v) is 9.37. The summed E-state index contributed by atoms with van der Waals surface area (Å²) in [5.74, 6) is 0.154. The number of carbonyl (C=O) groups is 2. The third kappa shape index (κ3) is 2.70. The predicted octanol–water partition coefficient (Wildman–Crippen LogP) is 2.35. The number of amides is 2. The van der Waals surface area contributed by atoms with E-state index in [4.69, 9.17) is 4.52 Å². The fraction of sp³-hybridized carbons (Fsp3) is 0.111. The first-order chi connectivity index (χ1) is 13.7. The average molecular weight is 392 g/mol. The molecule has 2 amide bonds. The molecular formula is C18H12N6O3S. The molecule has 0 bridgehead atoms. The third-order valence-corrected chi connectivity index (χ3v) is 5.08. The molecule has 0 aliphatic carbocycles. The lowest BCUT2D eigenvalue weighted by Gasteiger charge is -2.13. The third-order valence-electron chi connectivity index (χ3n) is 4.39. The molecule has 0 atom stereocenters. The van der Waals surface area contributed by atoms with Crippen molar-refractivity contribution < 1.29 is 14.1 Å². The summed E-state index contributed by atoms with van der Waals surface area (Å²) in [5.41, 5.74) is 2.16. The van der Waals surface area contributed by atoms with Gasteiger partial charge in [0.15, 0.2) is 5.69 Å². The molecule has 0 saturated carbocycles. The Bertz CT molecular complexity index is 1140. The number of benzene rings is 1.